The largest absolute Gasteiger partial charge is 0.451 e. The summed E-state index contributed by atoms with van der Waals surface area (Å²) in [5, 5.41) is 53.5. The van der Waals surface area contributed by atoms with E-state index in [1.54, 1.807) is 11.6 Å². The summed E-state index contributed by atoms with van der Waals surface area (Å²) in [6.07, 6.45) is 3.93. The Morgan fingerprint density at radius 3 is 1.35 bits per heavy atom. The molecule has 0 aliphatic rings. The van der Waals surface area contributed by atoms with Gasteiger partial charge in [0.15, 0.2) is 36.4 Å². The smallest absolute Gasteiger partial charge is 0.427 e. The topological polar surface area (TPSA) is 308 Å². The van der Waals surface area contributed by atoms with Crippen molar-refractivity contribution in [3.05, 3.63) is 17.5 Å². The highest BCUT2D eigenvalue weighted by Gasteiger charge is 2.22. The number of rotatable bonds is 11. The highest BCUT2D eigenvalue weighted by atomic mass is 32.2. The van der Waals surface area contributed by atoms with Gasteiger partial charge in [-0.25, -0.2) is 8.89 Å². The van der Waals surface area contributed by atoms with Crippen molar-refractivity contribution in [2.45, 2.75) is 211 Å². The molecule has 5 N–H and O–H groups in total. The van der Waals surface area contributed by atoms with Crippen LogP contribution in [0.4, 0.5) is 0 Å². The van der Waals surface area contributed by atoms with Crippen molar-refractivity contribution >= 4 is 47.5 Å². The van der Waals surface area contributed by atoms with Crippen molar-refractivity contribution in [1.29, 1.82) is 0 Å². The second-order valence-corrected chi connectivity index (χ2v) is 31.1. The van der Waals surface area contributed by atoms with Gasteiger partial charge >= 0.3 is 7.12 Å². The monoisotopic (exact) mass is 1060 g/mol. The van der Waals surface area contributed by atoms with Crippen molar-refractivity contribution in [3.63, 3.8) is 0 Å². The fraction of sp³-hybridized carbons (Fsp3) is 0.854. The van der Waals surface area contributed by atoms with Gasteiger partial charge in [-0.15, -0.1) is 25.5 Å². The molecule has 72 heavy (non-hydrogen) atoms. The van der Waals surface area contributed by atoms with E-state index in [4.69, 9.17) is 19.5 Å². The summed E-state index contributed by atoms with van der Waals surface area (Å²) in [6.45, 7) is 49.3. The van der Waals surface area contributed by atoms with E-state index in [1.165, 1.54) is 25.3 Å². The van der Waals surface area contributed by atoms with Gasteiger partial charge < -0.3 is 24.3 Å². The first-order chi connectivity index (χ1) is 31.6. The molecule has 24 heteroatoms. The standard InChI is InChI=1S/2C9H16N4O.C7H14O.C6H12N4.C6H15O2P.C6H14O2S.C5H13BO2/c1-7(14)6-13-8(10-11-12-13)5-9(2,3)4;1-7(14)6-13-11-8(10-12-13)5-9(2,3)4;1-6(8)5-7(2,3)4;1-6(2,3)4-5-7-9-10-8-5;2*1-6(2,3)5-9(4,7)8;1-5(2,3)4-6(7)8/h2*5-6H2,1-4H3;5H2,1-4H3;4H2,1-3H3,(H,7,8,9,10);5H2,1-4H3,(H,7,8);4-5H2,1-3H3,(H,7,8);7-8H,4H2,1-3H3. The van der Waals surface area contributed by atoms with Crippen LogP contribution in [0.2, 0.25) is 6.32 Å². The zero-order chi connectivity index (χ0) is 58.1. The fourth-order valence-corrected chi connectivity index (χ4v) is 8.94. The summed E-state index contributed by atoms with van der Waals surface area (Å²) in [6, 6.07) is 0. The Kier molecular flexibility index (Phi) is 33.2. The minimum atomic E-state index is -2.79. The zero-order valence-electron chi connectivity index (χ0n) is 49.3. The maximum Gasteiger partial charge on any atom is 0.451 e. The number of hydrogen-bond acceptors (Lipinski definition) is 16. The summed E-state index contributed by atoms with van der Waals surface area (Å²) in [7, 11) is -6.73. The molecule has 3 rings (SSSR count). The predicted molar refractivity (Wildman–Crippen MR) is 292 cm³/mol. The molecular formula is C48H100BN12O9PS. The van der Waals surface area contributed by atoms with Crippen LogP contribution in [-0.4, -0.2) is 134 Å². The molecule has 3 aromatic heterocycles. The molecular weight excluding hydrogens is 962 g/mol. The molecule has 3 heterocycles. The van der Waals surface area contributed by atoms with Gasteiger partial charge in [0.1, 0.15) is 18.9 Å². The number of ketones is 3. The Balaban J connectivity index is -0.000000380. The Morgan fingerprint density at radius 2 is 1.10 bits per heavy atom. The third-order valence-electron chi connectivity index (χ3n) is 7.29. The minimum Gasteiger partial charge on any atom is -0.427 e. The molecule has 0 bridgehead atoms. The first-order valence-corrected chi connectivity index (χ1v) is 28.2. The average Bonchev–Trinajstić information content (AvgIpc) is 3.78. The molecule has 2 unspecified atom stereocenters. The highest BCUT2D eigenvalue weighted by molar-refractivity contribution is 7.95. The SMILES string of the molecule is C=S(=O)(O)CC(C)(C)C.CC(=O)CC(C)(C)C.CC(=O)Cn1nnc(CC(C)(C)C)n1.CC(=O)Cn1nnnc1CC(C)(C)C.CC(C)(C)CB(O)O.CC(C)(C)CP(C)(=O)O.CC(C)(C)Cc1nn[nH]n1. The van der Waals surface area contributed by atoms with Gasteiger partial charge in [0, 0.05) is 44.3 Å². The summed E-state index contributed by atoms with van der Waals surface area (Å²) in [5.74, 6) is 6.02. The molecule has 0 saturated carbocycles. The lowest BCUT2D eigenvalue weighted by molar-refractivity contribution is -0.119. The molecule has 3 aromatic rings. The predicted octanol–water partition coefficient (Wildman–Crippen LogP) is 8.16. The summed E-state index contributed by atoms with van der Waals surface area (Å²) in [5.41, 5.74) is 0.573. The van der Waals surface area contributed by atoms with Crippen molar-refractivity contribution in [2.24, 2.45) is 37.9 Å². The van der Waals surface area contributed by atoms with E-state index in [0.29, 0.717) is 24.7 Å². The molecule has 0 amide bonds. The van der Waals surface area contributed by atoms with Crippen LogP contribution in [0.1, 0.15) is 190 Å². The Morgan fingerprint density at radius 1 is 0.639 bits per heavy atom. The van der Waals surface area contributed by atoms with Gasteiger partial charge in [0.2, 0.25) is 0 Å². The zero-order valence-corrected chi connectivity index (χ0v) is 51.0. The lowest BCUT2D eigenvalue weighted by Crippen LogP contribution is -2.19. The van der Waals surface area contributed by atoms with E-state index in [0.717, 1.165) is 30.9 Å². The number of aromatic amines is 1. The number of carbonyl (C=O) groups excluding carboxylic acids is 3. The molecule has 21 nitrogen and oxygen atoms in total. The van der Waals surface area contributed by atoms with Gasteiger partial charge in [-0.3, -0.25) is 14.2 Å². The number of Topliss-reactive ketones (excluding diaryl/α,β-unsaturated/α-hetero) is 3. The van der Waals surface area contributed by atoms with E-state index < -0.39 is 24.3 Å². The van der Waals surface area contributed by atoms with Gasteiger partial charge in [-0.05, 0) is 86.5 Å². The number of H-pyrrole nitrogens is 1. The summed E-state index contributed by atoms with van der Waals surface area (Å²) in [4.78, 5) is 42.4. The van der Waals surface area contributed by atoms with Crippen LogP contribution in [0.25, 0.3) is 0 Å². The van der Waals surface area contributed by atoms with Crippen molar-refractivity contribution < 1.29 is 42.7 Å². The number of hydrogen-bond donors (Lipinski definition) is 5. The van der Waals surface area contributed by atoms with E-state index >= 15 is 0 Å². The maximum absolute atomic E-state index is 10.9. The van der Waals surface area contributed by atoms with Crippen LogP contribution in [0.3, 0.4) is 0 Å². The third-order valence-corrected chi connectivity index (χ3v) is 10.1. The first kappa shape index (κ1) is 74.9. The van der Waals surface area contributed by atoms with Crippen molar-refractivity contribution in [2.75, 3.05) is 18.6 Å². The average molecular weight is 1060 g/mol. The second-order valence-electron chi connectivity index (χ2n) is 26.9. The van der Waals surface area contributed by atoms with Crippen LogP contribution in [0.15, 0.2) is 0 Å². The number of nitrogens with zero attached hydrogens (tertiary/aromatic N) is 11. The van der Waals surface area contributed by atoms with Crippen molar-refractivity contribution in [3.8, 4) is 0 Å². The van der Waals surface area contributed by atoms with E-state index in [9.17, 15) is 23.2 Å². The maximum atomic E-state index is 10.9. The Hall–Kier alpha value is -3.63. The van der Waals surface area contributed by atoms with Gasteiger partial charge in [0.05, 0.1) is 9.80 Å². The van der Waals surface area contributed by atoms with Crippen LogP contribution < -0.4 is 0 Å². The lowest BCUT2D eigenvalue weighted by atomic mass is 9.72. The lowest BCUT2D eigenvalue weighted by Gasteiger charge is -2.19. The first-order valence-electron chi connectivity index (χ1n) is 24.0. The Labute approximate surface area is 434 Å². The second kappa shape index (κ2) is 32.0. The van der Waals surface area contributed by atoms with Gasteiger partial charge in [-0.1, -0.05) is 151 Å². The number of aromatic nitrogens is 12. The van der Waals surface area contributed by atoms with Crippen molar-refractivity contribution in [1.82, 2.24) is 61.0 Å². The van der Waals surface area contributed by atoms with Gasteiger partial charge in [-0.2, -0.15) is 10.0 Å². The number of tetrazole rings is 3. The van der Waals surface area contributed by atoms with Crippen LogP contribution in [0, 0.1) is 37.9 Å². The normalized spacial score (nSPS) is 13.6. The Bertz CT molecular complexity index is 2120. The quantitative estimate of drug-likeness (QED) is 0.0687. The van der Waals surface area contributed by atoms with Crippen LogP contribution >= 0.6 is 7.37 Å². The summed E-state index contributed by atoms with van der Waals surface area (Å²) < 4.78 is 31.8. The fourth-order valence-electron chi connectivity index (χ4n) is 5.83. The molecule has 0 saturated heterocycles. The number of nitrogens with one attached hydrogen (secondary N) is 1. The molecule has 420 valence electrons. The molecule has 0 aliphatic carbocycles. The highest BCUT2D eigenvalue weighted by Crippen LogP contribution is 2.41. The van der Waals surface area contributed by atoms with Crippen LogP contribution in [0.5, 0.6) is 0 Å². The molecule has 2 atom stereocenters. The molecule has 0 spiro atoms. The molecule has 0 fully saturated rings. The molecule has 0 radical (unpaired) electrons. The summed E-state index contributed by atoms with van der Waals surface area (Å²) >= 11 is 0. The third kappa shape index (κ3) is 62.5. The van der Waals surface area contributed by atoms with Gasteiger partial charge in [0.25, 0.3) is 0 Å². The minimum absolute atomic E-state index is 0.0220. The number of carbonyl (C=O) groups is 3. The molecule has 0 aromatic carbocycles. The molecule has 0 aliphatic heterocycles. The van der Waals surface area contributed by atoms with E-state index in [-0.39, 0.29) is 74.1 Å². The van der Waals surface area contributed by atoms with E-state index in [1.807, 2.05) is 62.3 Å². The van der Waals surface area contributed by atoms with E-state index in [2.05, 4.69) is 141 Å². The van der Waals surface area contributed by atoms with Crippen LogP contribution in [-0.2, 0) is 61.1 Å².